The van der Waals surface area contributed by atoms with E-state index in [1.807, 2.05) is 0 Å². The summed E-state index contributed by atoms with van der Waals surface area (Å²) in [6.45, 7) is 8.73. The summed E-state index contributed by atoms with van der Waals surface area (Å²) < 4.78 is 32.0. The van der Waals surface area contributed by atoms with Crippen molar-refractivity contribution in [3.8, 4) is 0 Å². The van der Waals surface area contributed by atoms with Gasteiger partial charge in [0.25, 0.3) is 0 Å². The zero-order chi connectivity index (χ0) is 19.5. The second-order valence-electron chi connectivity index (χ2n) is 8.43. The third-order valence-electron chi connectivity index (χ3n) is 6.44. The molecule has 2 aliphatic rings. The maximum atomic E-state index is 12.7. The van der Waals surface area contributed by atoms with Crippen molar-refractivity contribution < 1.29 is 13.2 Å². The highest BCUT2D eigenvalue weighted by Crippen LogP contribution is 2.40. The van der Waals surface area contributed by atoms with Crippen LogP contribution in [0.15, 0.2) is 23.2 Å². The summed E-state index contributed by atoms with van der Waals surface area (Å²) in [5.74, 6) is 1.55. The van der Waals surface area contributed by atoms with Gasteiger partial charge < -0.3 is 10.1 Å². The van der Waals surface area contributed by atoms with Crippen LogP contribution < -0.4 is 5.32 Å². The minimum Gasteiger partial charge on any atom is -0.379 e. The molecular formula is C20H33N3O3S. The molecule has 1 N–H and O–H groups in total. The summed E-state index contributed by atoms with van der Waals surface area (Å²) in [7, 11) is -3.48. The molecule has 0 spiro atoms. The molecule has 1 aromatic rings. The Labute approximate surface area is 163 Å². The SMILES string of the molecule is CCC(C)(C)C1CCC(Nc2ccc(S(=O)(=O)N3CCOCC3)cn2)CC1. The van der Waals surface area contributed by atoms with Gasteiger partial charge in [-0.3, -0.25) is 0 Å². The maximum absolute atomic E-state index is 12.7. The van der Waals surface area contributed by atoms with Gasteiger partial charge in [-0.05, 0) is 49.1 Å². The van der Waals surface area contributed by atoms with Crippen molar-refractivity contribution >= 4 is 15.8 Å². The molecule has 3 rings (SSSR count). The second-order valence-corrected chi connectivity index (χ2v) is 10.4. The molecule has 0 atom stereocenters. The number of morpholine rings is 1. The monoisotopic (exact) mass is 395 g/mol. The third-order valence-corrected chi connectivity index (χ3v) is 8.32. The zero-order valence-electron chi connectivity index (χ0n) is 16.8. The zero-order valence-corrected chi connectivity index (χ0v) is 17.6. The summed E-state index contributed by atoms with van der Waals surface area (Å²) in [6, 6.07) is 3.87. The Morgan fingerprint density at radius 2 is 1.85 bits per heavy atom. The van der Waals surface area contributed by atoms with E-state index in [1.165, 1.54) is 29.8 Å². The number of hydrogen-bond acceptors (Lipinski definition) is 5. The first-order valence-corrected chi connectivity index (χ1v) is 11.6. The van der Waals surface area contributed by atoms with Gasteiger partial charge in [-0.1, -0.05) is 27.2 Å². The highest BCUT2D eigenvalue weighted by atomic mass is 32.2. The smallest absolute Gasteiger partial charge is 0.244 e. The Hall–Kier alpha value is -1.18. The van der Waals surface area contributed by atoms with Crippen molar-refractivity contribution in [2.75, 3.05) is 31.6 Å². The predicted molar refractivity (Wildman–Crippen MR) is 107 cm³/mol. The van der Waals surface area contributed by atoms with Crippen molar-refractivity contribution in [3.63, 3.8) is 0 Å². The van der Waals surface area contributed by atoms with Crippen LogP contribution in [0.4, 0.5) is 5.82 Å². The first-order chi connectivity index (χ1) is 12.8. The molecule has 6 nitrogen and oxygen atoms in total. The van der Waals surface area contributed by atoms with Crippen molar-refractivity contribution in [2.45, 2.75) is 63.8 Å². The van der Waals surface area contributed by atoms with Gasteiger partial charge in [0.2, 0.25) is 10.0 Å². The number of pyridine rings is 1. The molecule has 0 bridgehead atoms. The lowest BCUT2D eigenvalue weighted by Crippen LogP contribution is -2.40. The van der Waals surface area contributed by atoms with Crippen LogP contribution in [0.3, 0.4) is 0 Å². The minimum atomic E-state index is -3.48. The van der Waals surface area contributed by atoms with Crippen LogP contribution in [0, 0.1) is 11.3 Å². The Bertz CT molecular complexity index is 704. The number of nitrogens with zero attached hydrogens (tertiary/aromatic N) is 2. The number of rotatable bonds is 6. The number of hydrogen-bond donors (Lipinski definition) is 1. The molecule has 1 aromatic heterocycles. The fourth-order valence-electron chi connectivity index (χ4n) is 4.07. The van der Waals surface area contributed by atoms with Crippen LogP contribution >= 0.6 is 0 Å². The van der Waals surface area contributed by atoms with Gasteiger partial charge in [0.1, 0.15) is 10.7 Å². The van der Waals surface area contributed by atoms with E-state index >= 15 is 0 Å². The van der Waals surface area contributed by atoms with Crippen LogP contribution in [-0.2, 0) is 14.8 Å². The molecule has 2 fully saturated rings. The predicted octanol–water partition coefficient (Wildman–Crippen LogP) is 3.51. The Kier molecular flexibility index (Phi) is 6.43. The summed E-state index contributed by atoms with van der Waals surface area (Å²) in [4.78, 5) is 4.62. The van der Waals surface area contributed by atoms with Gasteiger partial charge in [-0.15, -0.1) is 0 Å². The van der Waals surface area contributed by atoms with E-state index in [0.29, 0.717) is 37.8 Å². The molecule has 0 unspecified atom stereocenters. The quantitative estimate of drug-likeness (QED) is 0.798. The summed E-state index contributed by atoms with van der Waals surface area (Å²) in [5.41, 5.74) is 0.415. The largest absolute Gasteiger partial charge is 0.379 e. The van der Waals surface area contributed by atoms with E-state index in [-0.39, 0.29) is 4.90 Å². The van der Waals surface area contributed by atoms with Crippen molar-refractivity contribution in [1.29, 1.82) is 0 Å². The lowest BCUT2D eigenvalue weighted by Gasteiger charge is -2.39. The number of anilines is 1. The van der Waals surface area contributed by atoms with Crippen molar-refractivity contribution in [3.05, 3.63) is 18.3 Å². The molecule has 152 valence electrons. The number of aromatic nitrogens is 1. The first kappa shape index (κ1) is 20.6. The fourth-order valence-corrected chi connectivity index (χ4v) is 5.43. The summed E-state index contributed by atoms with van der Waals surface area (Å²) in [6.07, 6.45) is 7.45. The molecular weight excluding hydrogens is 362 g/mol. The molecule has 1 saturated carbocycles. The molecule has 1 aliphatic heterocycles. The van der Waals surface area contributed by atoms with Crippen LogP contribution in [-0.4, -0.2) is 50.1 Å². The van der Waals surface area contributed by atoms with E-state index < -0.39 is 10.0 Å². The Morgan fingerprint density at radius 1 is 1.19 bits per heavy atom. The lowest BCUT2D eigenvalue weighted by atomic mass is 9.69. The summed E-state index contributed by atoms with van der Waals surface area (Å²) >= 11 is 0. The lowest BCUT2D eigenvalue weighted by molar-refractivity contribution is 0.0730. The molecule has 27 heavy (non-hydrogen) atoms. The van der Waals surface area contributed by atoms with E-state index in [0.717, 1.165) is 24.6 Å². The van der Waals surface area contributed by atoms with Gasteiger partial charge in [0.15, 0.2) is 0 Å². The van der Waals surface area contributed by atoms with E-state index in [9.17, 15) is 8.42 Å². The Morgan fingerprint density at radius 3 is 2.41 bits per heavy atom. The number of ether oxygens (including phenoxy) is 1. The molecule has 1 saturated heterocycles. The molecule has 7 heteroatoms. The first-order valence-electron chi connectivity index (χ1n) is 10.1. The van der Waals surface area contributed by atoms with Crippen LogP contribution in [0.5, 0.6) is 0 Å². The topological polar surface area (TPSA) is 71.5 Å². The van der Waals surface area contributed by atoms with Crippen LogP contribution in [0.25, 0.3) is 0 Å². The van der Waals surface area contributed by atoms with Crippen LogP contribution in [0.2, 0.25) is 0 Å². The highest BCUT2D eigenvalue weighted by Gasteiger charge is 2.32. The average Bonchev–Trinajstić information content (AvgIpc) is 2.69. The third kappa shape index (κ3) is 4.81. The van der Waals surface area contributed by atoms with Gasteiger partial charge in [-0.25, -0.2) is 13.4 Å². The van der Waals surface area contributed by atoms with Crippen molar-refractivity contribution in [2.24, 2.45) is 11.3 Å². The van der Waals surface area contributed by atoms with Crippen LogP contribution in [0.1, 0.15) is 52.9 Å². The van der Waals surface area contributed by atoms with Crippen molar-refractivity contribution in [1.82, 2.24) is 9.29 Å². The second kappa shape index (κ2) is 8.45. The summed E-state index contributed by atoms with van der Waals surface area (Å²) in [5, 5.41) is 3.49. The normalized spacial score (nSPS) is 25.3. The molecule has 1 aliphatic carbocycles. The van der Waals surface area contributed by atoms with Gasteiger partial charge in [0, 0.05) is 25.3 Å². The molecule has 0 radical (unpaired) electrons. The van der Waals surface area contributed by atoms with Gasteiger partial charge >= 0.3 is 0 Å². The molecule has 0 aromatic carbocycles. The average molecular weight is 396 g/mol. The van der Waals surface area contributed by atoms with E-state index in [2.05, 4.69) is 31.1 Å². The molecule has 2 heterocycles. The van der Waals surface area contributed by atoms with E-state index in [4.69, 9.17) is 4.74 Å². The maximum Gasteiger partial charge on any atom is 0.244 e. The number of nitrogens with one attached hydrogen (secondary N) is 1. The highest BCUT2D eigenvalue weighted by molar-refractivity contribution is 7.89. The number of sulfonamides is 1. The van der Waals surface area contributed by atoms with E-state index in [1.54, 1.807) is 12.1 Å². The molecule has 0 amide bonds. The van der Waals surface area contributed by atoms with Gasteiger partial charge in [-0.2, -0.15) is 4.31 Å². The fraction of sp³-hybridized carbons (Fsp3) is 0.750. The van der Waals surface area contributed by atoms with Gasteiger partial charge in [0.05, 0.1) is 13.2 Å². The Balaban J connectivity index is 1.57. The standard InChI is InChI=1S/C20H33N3O3S/c1-4-20(2,3)16-5-7-17(8-6-16)22-19-10-9-18(15-21-19)27(24,25)23-11-13-26-14-12-23/h9-10,15-17H,4-8,11-14H2,1-3H3,(H,21,22). The minimum absolute atomic E-state index is 0.253.